The average Bonchev–Trinajstić information content (AvgIpc) is 2.88. The van der Waals surface area contributed by atoms with Gasteiger partial charge in [0.1, 0.15) is 5.82 Å². The van der Waals surface area contributed by atoms with E-state index in [9.17, 15) is 4.39 Å². The Bertz CT molecular complexity index is 667. The summed E-state index contributed by atoms with van der Waals surface area (Å²) in [4.78, 5) is 3.08. The lowest BCUT2D eigenvalue weighted by Gasteiger charge is -2.32. The number of H-pyrrole nitrogens is 1. The first-order valence-corrected chi connectivity index (χ1v) is 6.91. The average molecular weight is 296 g/mol. The Kier molecular flexibility index (Phi) is 2.94. The molecule has 1 fully saturated rings. The first-order chi connectivity index (χ1) is 9.23. The van der Waals surface area contributed by atoms with Crippen LogP contribution in [0.2, 0.25) is 5.02 Å². The van der Waals surface area contributed by atoms with Crippen LogP contribution in [-0.2, 0) is 9.31 Å². The molecule has 3 nitrogen and oxygen atoms in total. The monoisotopic (exact) mass is 295 g/mol. The fourth-order valence-electron chi connectivity index (χ4n) is 2.35. The second-order valence-electron chi connectivity index (χ2n) is 6.12. The van der Waals surface area contributed by atoms with Gasteiger partial charge in [-0.25, -0.2) is 4.39 Å². The molecule has 0 amide bonds. The number of benzene rings is 1. The summed E-state index contributed by atoms with van der Waals surface area (Å²) < 4.78 is 25.9. The van der Waals surface area contributed by atoms with Gasteiger partial charge in [0.05, 0.1) is 16.2 Å². The fourth-order valence-corrected chi connectivity index (χ4v) is 2.56. The summed E-state index contributed by atoms with van der Waals surface area (Å²) in [6.45, 7) is 7.85. The minimum absolute atomic E-state index is 0.113. The second-order valence-corrected chi connectivity index (χ2v) is 6.49. The molecule has 0 spiro atoms. The van der Waals surface area contributed by atoms with Gasteiger partial charge in [0.2, 0.25) is 0 Å². The Morgan fingerprint density at radius 2 is 1.80 bits per heavy atom. The molecule has 0 unspecified atom stereocenters. The Hall–Kier alpha value is -1.04. The molecular formula is C14H16BClFNO2. The second kappa shape index (κ2) is 4.23. The van der Waals surface area contributed by atoms with Gasteiger partial charge >= 0.3 is 7.12 Å². The van der Waals surface area contributed by atoms with Gasteiger partial charge in [-0.05, 0) is 39.8 Å². The van der Waals surface area contributed by atoms with Gasteiger partial charge in [-0.3, -0.25) is 0 Å². The van der Waals surface area contributed by atoms with Gasteiger partial charge in [-0.2, -0.15) is 0 Å². The lowest BCUT2D eigenvalue weighted by atomic mass is 9.78. The predicted octanol–water partition coefficient (Wildman–Crippen LogP) is 3.26. The van der Waals surface area contributed by atoms with Crippen LogP contribution >= 0.6 is 11.6 Å². The van der Waals surface area contributed by atoms with E-state index in [0.717, 1.165) is 5.52 Å². The van der Waals surface area contributed by atoms with Crippen molar-refractivity contribution in [2.75, 3.05) is 0 Å². The van der Waals surface area contributed by atoms with Crippen molar-refractivity contribution >= 4 is 35.1 Å². The van der Waals surface area contributed by atoms with E-state index in [1.54, 1.807) is 12.3 Å². The van der Waals surface area contributed by atoms with Gasteiger partial charge in [-0.15, -0.1) is 0 Å². The maximum absolute atomic E-state index is 14.0. The summed E-state index contributed by atoms with van der Waals surface area (Å²) in [5, 5.41) is 0.748. The molecule has 1 aromatic carbocycles. The lowest BCUT2D eigenvalue weighted by Crippen LogP contribution is -2.41. The van der Waals surface area contributed by atoms with Crippen LogP contribution in [0.1, 0.15) is 27.7 Å². The van der Waals surface area contributed by atoms with Crippen molar-refractivity contribution in [2.45, 2.75) is 38.9 Å². The molecule has 0 radical (unpaired) electrons. The summed E-state index contributed by atoms with van der Waals surface area (Å²) in [5.41, 5.74) is 0.444. The first kappa shape index (κ1) is 13.9. The SMILES string of the molecule is CC1(C)OB(c2cc(F)c(Cl)c3cc[nH]c23)OC1(C)C. The van der Waals surface area contributed by atoms with Crippen LogP contribution in [-0.4, -0.2) is 23.3 Å². The molecule has 1 saturated heterocycles. The van der Waals surface area contributed by atoms with E-state index in [1.807, 2.05) is 27.7 Å². The summed E-state index contributed by atoms with van der Waals surface area (Å²) in [7, 11) is -0.618. The highest BCUT2D eigenvalue weighted by Crippen LogP contribution is 2.37. The summed E-state index contributed by atoms with van der Waals surface area (Å²) in [5.74, 6) is -0.469. The lowest BCUT2D eigenvalue weighted by molar-refractivity contribution is 0.00578. The highest BCUT2D eigenvalue weighted by atomic mass is 35.5. The van der Waals surface area contributed by atoms with Gasteiger partial charge in [0.25, 0.3) is 0 Å². The number of halogens is 2. The smallest absolute Gasteiger partial charge is 0.399 e. The largest absolute Gasteiger partial charge is 0.497 e. The molecule has 1 aliphatic heterocycles. The predicted molar refractivity (Wildman–Crippen MR) is 79.0 cm³/mol. The molecule has 1 N–H and O–H groups in total. The zero-order valence-electron chi connectivity index (χ0n) is 11.9. The molecule has 2 aromatic rings. The third kappa shape index (κ3) is 1.88. The zero-order valence-corrected chi connectivity index (χ0v) is 12.6. The van der Waals surface area contributed by atoms with Crippen molar-refractivity contribution in [3.05, 3.63) is 29.2 Å². The van der Waals surface area contributed by atoms with Crippen molar-refractivity contribution < 1.29 is 13.7 Å². The number of rotatable bonds is 1. The molecule has 3 rings (SSSR count). The van der Waals surface area contributed by atoms with Crippen LogP contribution in [0.4, 0.5) is 4.39 Å². The molecule has 20 heavy (non-hydrogen) atoms. The van der Waals surface area contributed by atoms with Crippen molar-refractivity contribution in [1.29, 1.82) is 0 Å². The fraction of sp³-hybridized carbons (Fsp3) is 0.429. The van der Waals surface area contributed by atoms with E-state index < -0.39 is 24.1 Å². The Morgan fingerprint density at radius 3 is 2.40 bits per heavy atom. The summed E-state index contributed by atoms with van der Waals surface area (Å²) in [6.07, 6.45) is 1.73. The van der Waals surface area contributed by atoms with Crippen LogP contribution in [0.3, 0.4) is 0 Å². The quantitative estimate of drug-likeness (QED) is 0.819. The summed E-state index contributed by atoms with van der Waals surface area (Å²) in [6, 6.07) is 3.12. The van der Waals surface area contributed by atoms with Crippen molar-refractivity contribution in [3.8, 4) is 0 Å². The van der Waals surface area contributed by atoms with E-state index in [-0.39, 0.29) is 5.02 Å². The molecule has 0 bridgehead atoms. The number of hydrogen-bond donors (Lipinski definition) is 1. The van der Waals surface area contributed by atoms with Crippen LogP contribution in [0.5, 0.6) is 0 Å². The third-order valence-corrected chi connectivity index (χ3v) is 4.66. The molecule has 0 aliphatic carbocycles. The van der Waals surface area contributed by atoms with Crippen LogP contribution in [0.25, 0.3) is 10.9 Å². The van der Waals surface area contributed by atoms with Gasteiger partial charge < -0.3 is 14.3 Å². The third-order valence-electron chi connectivity index (χ3n) is 4.27. The molecule has 6 heteroatoms. The maximum atomic E-state index is 14.0. The van der Waals surface area contributed by atoms with E-state index in [0.29, 0.717) is 10.8 Å². The standard InChI is InChI=1S/C14H16BClFNO2/c1-13(2)14(3,4)20-15(19-13)9-7-10(17)11(16)8-5-6-18-12(8)9/h5-7,18H,1-4H3. The van der Waals surface area contributed by atoms with Crippen molar-refractivity contribution in [3.63, 3.8) is 0 Å². The summed E-state index contributed by atoms with van der Waals surface area (Å²) >= 11 is 5.98. The van der Waals surface area contributed by atoms with Crippen LogP contribution < -0.4 is 5.46 Å². The number of aromatic amines is 1. The van der Waals surface area contributed by atoms with E-state index in [2.05, 4.69) is 4.98 Å². The molecule has 1 aliphatic rings. The zero-order chi connectivity index (χ0) is 14.7. The highest BCUT2D eigenvalue weighted by molar-refractivity contribution is 6.65. The van der Waals surface area contributed by atoms with Crippen LogP contribution in [0.15, 0.2) is 18.3 Å². The minimum Gasteiger partial charge on any atom is -0.399 e. The van der Waals surface area contributed by atoms with Crippen LogP contribution in [0, 0.1) is 5.82 Å². The molecular weight excluding hydrogens is 279 g/mol. The minimum atomic E-state index is -0.618. The number of nitrogens with one attached hydrogen (secondary N) is 1. The Balaban J connectivity index is 2.13. The van der Waals surface area contributed by atoms with Gasteiger partial charge in [-0.1, -0.05) is 11.6 Å². The topological polar surface area (TPSA) is 34.2 Å². The van der Waals surface area contributed by atoms with Gasteiger partial charge in [0.15, 0.2) is 0 Å². The number of aromatic nitrogens is 1. The molecule has 2 heterocycles. The highest BCUT2D eigenvalue weighted by Gasteiger charge is 2.52. The molecule has 106 valence electrons. The molecule has 1 aromatic heterocycles. The number of fused-ring (bicyclic) bond motifs is 1. The first-order valence-electron chi connectivity index (χ1n) is 6.53. The van der Waals surface area contributed by atoms with Crippen molar-refractivity contribution in [1.82, 2.24) is 4.98 Å². The normalized spacial score (nSPS) is 20.8. The van der Waals surface area contributed by atoms with Gasteiger partial charge in [0, 0.05) is 22.6 Å². The molecule has 0 atom stereocenters. The van der Waals surface area contributed by atoms with E-state index in [1.165, 1.54) is 6.07 Å². The van der Waals surface area contributed by atoms with E-state index >= 15 is 0 Å². The Labute approximate surface area is 122 Å². The maximum Gasteiger partial charge on any atom is 0.497 e. The van der Waals surface area contributed by atoms with Crippen molar-refractivity contribution in [2.24, 2.45) is 0 Å². The van der Waals surface area contributed by atoms with E-state index in [4.69, 9.17) is 20.9 Å². The number of hydrogen-bond acceptors (Lipinski definition) is 2. The Morgan fingerprint density at radius 1 is 1.20 bits per heavy atom. The molecule has 0 saturated carbocycles.